The standard InChI is InChI=1S/C16H20BrNOS/c1-3-13-5-6-14(20-13)10-19-16-7-4-12(8-11(2)18)9-15(16)17/h4-7,9,11H,3,8,10,18H2,1-2H3. The molecule has 1 unspecified atom stereocenters. The second-order valence-electron chi connectivity index (χ2n) is 4.96. The summed E-state index contributed by atoms with van der Waals surface area (Å²) in [5, 5.41) is 0. The highest BCUT2D eigenvalue weighted by molar-refractivity contribution is 9.10. The van der Waals surface area contributed by atoms with Crippen molar-refractivity contribution in [1.29, 1.82) is 0 Å². The molecule has 2 nitrogen and oxygen atoms in total. The monoisotopic (exact) mass is 353 g/mol. The first kappa shape index (κ1) is 15.5. The van der Waals surface area contributed by atoms with E-state index in [2.05, 4.69) is 47.1 Å². The molecule has 0 aliphatic heterocycles. The average molecular weight is 354 g/mol. The summed E-state index contributed by atoms with van der Waals surface area (Å²) in [5.41, 5.74) is 7.04. The van der Waals surface area contributed by atoms with Crippen molar-refractivity contribution in [2.45, 2.75) is 39.3 Å². The highest BCUT2D eigenvalue weighted by Crippen LogP contribution is 2.28. The molecule has 2 N–H and O–H groups in total. The minimum absolute atomic E-state index is 0.173. The fraction of sp³-hybridized carbons (Fsp3) is 0.375. The molecule has 0 radical (unpaired) electrons. The van der Waals surface area contributed by atoms with Crippen LogP contribution in [0.5, 0.6) is 5.75 Å². The number of halogens is 1. The van der Waals surface area contributed by atoms with Crippen LogP contribution in [0.3, 0.4) is 0 Å². The minimum Gasteiger partial charge on any atom is -0.487 e. The summed E-state index contributed by atoms with van der Waals surface area (Å²) in [6, 6.07) is 10.7. The highest BCUT2D eigenvalue weighted by atomic mass is 79.9. The lowest BCUT2D eigenvalue weighted by Crippen LogP contribution is -2.17. The topological polar surface area (TPSA) is 35.2 Å². The maximum Gasteiger partial charge on any atom is 0.134 e. The Labute approximate surface area is 133 Å². The number of thiophene rings is 1. The van der Waals surface area contributed by atoms with Gasteiger partial charge in [0.25, 0.3) is 0 Å². The lowest BCUT2D eigenvalue weighted by molar-refractivity contribution is 0.307. The van der Waals surface area contributed by atoms with Crippen molar-refractivity contribution in [3.05, 3.63) is 50.1 Å². The van der Waals surface area contributed by atoms with Gasteiger partial charge >= 0.3 is 0 Å². The third-order valence-corrected chi connectivity index (χ3v) is 4.81. The van der Waals surface area contributed by atoms with E-state index >= 15 is 0 Å². The number of hydrogen-bond acceptors (Lipinski definition) is 3. The van der Waals surface area contributed by atoms with E-state index in [1.165, 1.54) is 15.3 Å². The summed E-state index contributed by atoms with van der Waals surface area (Å²) < 4.78 is 6.86. The van der Waals surface area contributed by atoms with Gasteiger partial charge in [-0.2, -0.15) is 0 Å². The fourth-order valence-electron chi connectivity index (χ4n) is 2.00. The van der Waals surface area contributed by atoms with Crippen LogP contribution in [0.4, 0.5) is 0 Å². The summed E-state index contributed by atoms with van der Waals surface area (Å²) >= 11 is 5.38. The van der Waals surface area contributed by atoms with E-state index in [4.69, 9.17) is 10.5 Å². The first-order valence-electron chi connectivity index (χ1n) is 6.83. The van der Waals surface area contributed by atoms with E-state index in [1.807, 2.05) is 24.3 Å². The van der Waals surface area contributed by atoms with Gasteiger partial charge in [0.15, 0.2) is 0 Å². The molecule has 0 bridgehead atoms. The third-order valence-electron chi connectivity index (χ3n) is 2.99. The Hall–Kier alpha value is -0.840. The quantitative estimate of drug-likeness (QED) is 0.827. The lowest BCUT2D eigenvalue weighted by Gasteiger charge is -2.10. The van der Waals surface area contributed by atoms with Crippen molar-refractivity contribution in [2.24, 2.45) is 5.73 Å². The number of hydrogen-bond donors (Lipinski definition) is 1. The lowest BCUT2D eigenvalue weighted by atomic mass is 10.1. The Morgan fingerprint density at radius 1 is 1.25 bits per heavy atom. The van der Waals surface area contributed by atoms with E-state index in [0.717, 1.165) is 23.1 Å². The van der Waals surface area contributed by atoms with Crippen molar-refractivity contribution in [2.75, 3.05) is 0 Å². The van der Waals surface area contributed by atoms with Crippen LogP contribution in [0.1, 0.15) is 29.2 Å². The van der Waals surface area contributed by atoms with E-state index in [9.17, 15) is 0 Å². The van der Waals surface area contributed by atoms with Crippen LogP contribution in [0.15, 0.2) is 34.8 Å². The maximum atomic E-state index is 5.87. The van der Waals surface area contributed by atoms with E-state index in [0.29, 0.717) is 6.61 Å². The summed E-state index contributed by atoms with van der Waals surface area (Å²) in [4.78, 5) is 2.66. The summed E-state index contributed by atoms with van der Waals surface area (Å²) in [5.74, 6) is 0.880. The normalized spacial score (nSPS) is 12.4. The molecule has 1 aromatic heterocycles. The molecule has 0 aliphatic rings. The zero-order valence-electron chi connectivity index (χ0n) is 11.9. The minimum atomic E-state index is 0.173. The molecule has 1 aromatic carbocycles. The van der Waals surface area contributed by atoms with Gasteiger partial charge in [0.1, 0.15) is 12.4 Å². The molecular weight excluding hydrogens is 334 g/mol. The van der Waals surface area contributed by atoms with Crippen LogP contribution in [0, 0.1) is 0 Å². The Balaban J connectivity index is 1.99. The molecule has 4 heteroatoms. The third kappa shape index (κ3) is 4.33. The van der Waals surface area contributed by atoms with Crippen molar-refractivity contribution in [3.8, 4) is 5.75 Å². The van der Waals surface area contributed by atoms with Crippen molar-refractivity contribution in [3.63, 3.8) is 0 Å². The molecule has 0 fully saturated rings. The zero-order chi connectivity index (χ0) is 14.5. The van der Waals surface area contributed by atoms with Crippen LogP contribution in [0.25, 0.3) is 0 Å². The molecule has 2 aromatic rings. The zero-order valence-corrected chi connectivity index (χ0v) is 14.3. The molecule has 2 rings (SSSR count). The van der Waals surface area contributed by atoms with Gasteiger partial charge in [-0.25, -0.2) is 0 Å². The highest BCUT2D eigenvalue weighted by Gasteiger charge is 2.06. The van der Waals surface area contributed by atoms with E-state index in [1.54, 1.807) is 0 Å². The second kappa shape index (κ2) is 7.25. The van der Waals surface area contributed by atoms with E-state index in [-0.39, 0.29) is 6.04 Å². The van der Waals surface area contributed by atoms with Crippen LogP contribution in [0.2, 0.25) is 0 Å². The molecule has 0 amide bonds. The number of aryl methyl sites for hydroxylation is 1. The first-order chi connectivity index (χ1) is 9.58. The molecular formula is C16H20BrNOS. The van der Waals surface area contributed by atoms with Gasteiger partial charge in [0, 0.05) is 15.8 Å². The maximum absolute atomic E-state index is 5.87. The average Bonchev–Trinajstić information content (AvgIpc) is 2.85. The summed E-state index contributed by atoms with van der Waals surface area (Å²) in [6.45, 7) is 4.81. The van der Waals surface area contributed by atoms with E-state index < -0.39 is 0 Å². The molecule has 1 atom stereocenters. The van der Waals surface area contributed by atoms with Gasteiger partial charge in [-0.15, -0.1) is 11.3 Å². The van der Waals surface area contributed by atoms with Gasteiger partial charge in [-0.3, -0.25) is 0 Å². The molecule has 0 aliphatic carbocycles. The number of nitrogens with two attached hydrogens (primary N) is 1. The van der Waals surface area contributed by atoms with Gasteiger partial charge < -0.3 is 10.5 Å². The fourth-order valence-corrected chi connectivity index (χ4v) is 3.41. The molecule has 1 heterocycles. The van der Waals surface area contributed by atoms with Crippen molar-refractivity contribution < 1.29 is 4.74 Å². The SMILES string of the molecule is CCc1ccc(COc2ccc(CC(C)N)cc2Br)s1. The van der Waals surface area contributed by atoms with Gasteiger partial charge in [-0.05, 0) is 65.5 Å². The number of ether oxygens (including phenoxy) is 1. The molecule has 0 spiro atoms. The van der Waals surface area contributed by atoms with Gasteiger partial charge in [0.2, 0.25) is 0 Å². The Bertz CT molecular complexity index is 565. The van der Waals surface area contributed by atoms with Crippen LogP contribution in [-0.4, -0.2) is 6.04 Å². The molecule has 108 valence electrons. The first-order valence-corrected chi connectivity index (χ1v) is 8.43. The Morgan fingerprint density at radius 3 is 2.60 bits per heavy atom. The van der Waals surface area contributed by atoms with Crippen LogP contribution >= 0.6 is 27.3 Å². The van der Waals surface area contributed by atoms with Gasteiger partial charge in [-0.1, -0.05) is 13.0 Å². The van der Waals surface area contributed by atoms with Crippen LogP contribution in [-0.2, 0) is 19.4 Å². The Kier molecular flexibility index (Phi) is 5.64. The second-order valence-corrected chi connectivity index (χ2v) is 7.06. The predicted molar refractivity (Wildman–Crippen MR) is 89.5 cm³/mol. The largest absolute Gasteiger partial charge is 0.487 e. The molecule has 0 saturated heterocycles. The van der Waals surface area contributed by atoms with Crippen LogP contribution < -0.4 is 10.5 Å². The van der Waals surface area contributed by atoms with Crippen molar-refractivity contribution >= 4 is 27.3 Å². The number of rotatable bonds is 6. The Morgan fingerprint density at radius 2 is 2.00 bits per heavy atom. The smallest absolute Gasteiger partial charge is 0.134 e. The summed E-state index contributed by atoms with van der Waals surface area (Å²) in [6.07, 6.45) is 1.96. The summed E-state index contributed by atoms with van der Waals surface area (Å²) in [7, 11) is 0. The molecule has 0 saturated carbocycles. The van der Waals surface area contributed by atoms with Gasteiger partial charge in [0.05, 0.1) is 4.47 Å². The predicted octanol–water partition coefficient (Wildman–Crippen LogP) is 4.54. The van der Waals surface area contributed by atoms with Crippen molar-refractivity contribution in [1.82, 2.24) is 0 Å². The number of benzene rings is 1. The molecule has 20 heavy (non-hydrogen) atoms.